The molecule has 2 aliphatic rings. The molecule has 0 spiro atoms. The fourth-order valence-electron chi connectivity index (χ4n) is 4.03. The van der Waals surface area contributed by atoms with Crippen molar-refractivity contribution >= 4 is 11.8 Å². The second-order valence-corrected chi connectivity index (χ2v) is 7.34. The first kappa shape index (κ1) is 19.8. The van der Waals surface area contributed by atoms with Crippen LogP contribution in [0.4, 0.5) is 24.9 Å². The Morgan fingerprint density at radius 3 is 2.48 bits per heavy atom. The predicted molar refractivity (Wildman–Crippen MR) is 103 cm³/mol. The summed E-state index contributed by atoms with van der Waals surface area (Å²) < 4.78 is 48.5. The van der Waals surface area contributed by atoms with Crippen molar-refractivity contribution in [2.75, 3.05) is 36.1 Å². The fourth-order valence-corrected chi connectivity index (χ4v) is 4.03. The number of nitrogens with zero attached hydrogens (tertiary/aromatic N) is 4. The molecule has 1 unspecified atom stereocenters. The third-order valence-electron chi connectivity index (χ3n) is 5.58. The van der Waals surface area contributed by atoms with E-state index >= 15 is 0 Å². The zero-order valence-electron chi connectivity index (χ0n) is 16.1. The second kappa shape index (κ2) is 7.70. The largest absolute Gasteiger partial charge is 0.408 e. The van der Waals surface area contributed by atoms with Crippen molar-refractivity contribution in [1.82, 2.24) is 9.55 Å². The van der Waals surface area contributed by atoms with Gasteiger partial charge in [-0.25, -0.2) is 0 Å². The Balaban J connectivity index is 1.82. The lowest BCUT2D eigenvalue weighted by Gasteiger charge is -2.43. The number of hydrogen-bond acceptors (Lipinski definition) is 5. The van der Waals surface area contributed by atoms with Crippen molar-refractivity contribution in [1.29, 1.82) is 0 Å². The minimum atomic E-state index is -4.43. The van der Waals surface area contributed by atoms with Crippen LogP contribution in [0.25, 0.3) is 0 Å². The van der Waals surface area contributed by atoms with Crippen LogP contribution < -0.4 is 15.4 Å². The molecule has 1 saturated heterocycles. The van der Waals surface area contributed by atoms with Crippen molar-refractivity contribution in [2.45, 2.75) is 38.1 Å². The van der Waals surface area contributed by atoms with Gasteiger partial charge in [-0.2, -0.15) is 18.2 Å². The number of morpholine rings is 1. The van der Waals surface area contributed by atoms with Gasteiger partial charge in [-0.05, 0) is 18.9 Å². The van der Waals surface area contributed by atoms with Crippen LogP contribution in [0.2, 0.25) is 0 Å². The Labute approximate surface area is 166 Å². The van der Waals surface area contributed by atoms with Crippen molar-refractivity contribution in [3.05, 3.63) is 52.3 Å². The average molecular weight is 408 g/mol. The number of alkyl halides is 3. The molecule has 6 nitrogen and oxygen atoms in total. The van der Waals surface area contributed by atoms with Crippen LogP contribution in [0.1, 0.15) is 24.9 Å². The first-order valence-electron chi connectivity index (χ1n) is 9.71. The summed E-state index contributed by atoms with van der Waals surface area (Å²) in [6, 6.07) is 8.11. The molecule has 1 aromatic carbocycles. The smallest absolute Gasteiger partial charge is 0.378 e. The molecule has 4 rings (SSSR count). The van der Waals surface area contributed by atoms with E-state index in [1.54, 1.807) is 31.2 Å². The Morgan fingerprint density at radius 2 is 1.83 bits per heavy atom. The maximum Gasteiger partial charge on any atom is 0.408 e. The first-order valence-corrected chi connectivity index (χ1v) is 9.71. The van der Waals surface area contributed by atoms with Crippen LogP contribution >= 0.6 is 0 Å². The van der Waals surface area contributed by atoms with Crippen LogP contribution in [-0.4, -0.2) is 48.1 Å². The number of aromatic nitrogens is 2. The lowest BCUT2D eigenvalue weighted by molar-refractivity contribution is -0.154. The number of hydrogen-bond donors (Lipinski definition) is 0. The number of anilines is 2. The number of rotatable bonds is 3. The number of fused-ring (bicyclic) bond motifs is 1. The third-order valence-corrected chi connectivity index (χ3v) is 5.58. The molecule has 1 aromatic heterocycles. The first-order chi connectivity index (χ1) is 13.9. The second-order valence-electron chi connectivity index (χ2n) is 7.34. The topological polar surface area (TPSA) is 50.6 Å². The summed E-state index contributed by atoms with van der Waals surface area (Å²) in [7, 11) is 0. The predicted octanol–water partition coefficient (Wildman–Crippen LogP) is 2.98. The van der Waals surface area contributed by atoms with E-state index in [0.717, 1.165) is 5.56 Å². The fraction of sp³-hybridized carbons (Fsp3) is 0.500. The maximum atomic E-state index is 13.9. The van der Waals surface area contributed by atoms with Gasteiger partial charge >= 0.3 is 6.18 Å². The normalized spacial score (nSPS) is 21.0. The molecule has 0 saturated carbocycles. The van der Waals surface area contributed by atoms with E-state index < -0.39 is 18.3 Å². The summed E-state index contributed by atoms with van der Waals surface area (Å²) in [5, 5.41) is 0. The van der Waals surface area contributed by atoms with Gasteiger partial charge in [-0.1, -0.05) is 30.3 Å². The SMILES string of the molecule is CC(c1ccccc1)N1c2nc(N3CCOCC3)cc(=O)n2CC[C@H]1C(F)(F)F. The molecule has 0 radical (unpaired) electrons. The Bertz CT molecular complexity index is 910. The quantitative estimate of drug-likeness (QED) is 0.782. The highest BCUT2D eigenvalue weighted by molar-refractivity contribution is 5.48. The van der Waals surface area contributed by atoms with E-state index in [9.17, 15) is 18.0 Å². The zero-order chi connectivity index (χ0) is 20.6. The maximum absolute atomic E-state index is 13.9. The van der Waals surface area contributed by atoms with E-state index in [-0.39, 0.29) is 24.5 Å². The molecule has 3 heterocycles. The van der Waals surface area contributed by atoms with Crippen molar-refractivity contribution in [2.24, 2.45) is 0 Å². The molecule has 0 bridgehead atoms. The molecule has 2 aliphatic heterocycles. The molecule has 0 N–H and O–H groups in total. The van der Waals surface area contributed by atoms with Gasteiger partial charge in [0, 0.05) is 25.7 Å². The van der Waals surface area contributed by atoms with Gasteiger partial charge in [0.25, 0.3) is 5.56 Å². The van der Waals surface area contributed by atoms with Gasteiger partial charge in [0.15, 0.2) is 0 Å². The minimum Gasteiger partial charge on any atom is -0.378 e. The summed E-state index contributed by atoms with van der Waals surface area (Å²) in [5.74, 6) is 0.474. The number of benzene rings is 1. The monoisotopic (exact) mass is 408 g/mol. The Hall–Kier alpha value is -2.55. The molecule has 1 fully saturated rings. The van der Waals surface area contributed by atoms with Crippen LogP contribution in [0.5, 0.6) is 0 Å². The van der Waals surface area contributed by atoms with Gasteiger partial charge in [-0.15, -0.1) is 0 Å². The standard InChI is InChI=1S/C20H23F3N4O2/c1-14(15-5-3-2-4-6-15)27-16(20(21,22)23)7-8-26-18(28)13-17(24-19(26)27)25-9-11-29-12-10-25/h2-6,13-14,16H,7-12H2,1H3/t14?,16-/m0/s1. The molecule has 9 heteroatoms. The van der Waals surface area contributed by atoms with Gasteiger partial charge in [0.05, 0.1) is 19.3 Å². The molecular weight excluding hydrogens is 385 g/mol. The summed E-state index contributed by atoms with van der Waals surface area (Å²) in [6.45, 7) is 3.80. The summed E-state index contributed by atoms with van der Waals surface area (Å²) in [5.41, 5.74) is 0.406. The van der Waals surface area contributed by atoms with E-state index in [1.807, 2.05) is 11.0 Å². The molecule has 0 amide bonds. The zero-order valence-corrected chi connectivity index (χ0v) is 16.1. The van der Waals surface area contributed by atoms with Crippen LogP contribution in [0.3, 0.4) is 0 Å². The van der Waals surface area contributed by atoms with Gasteiger partial charge in [0.2, 0.25) is 5.95 Å². The number of halogens is 3. The number of ether oxygens (including phenoxy) is 1. The average Bonchev–Trinajstić information content (AvgIpc) is 2.73. The van der Waals surface area contributed by atoms with Crippen LogP contribution in [0.15, 0.2) is 41.2 Å². The van der Waals surface area contributed by atoms with E-state index in [2.05, 4.69) is 4.98 Å². The van der Waals surface area contributed by atoms with Crippen molar-refractivity contribution in [3.8, 4) is 0 Å². The highest BCUT2D eigenvalue weighted by Crippen LogP contribution is 2.39. The molecule has 156 valence electrons. The highest BCUT2D eigenvalue weighted by atomic mass is 19.4. The van der Waals surface area contributed by atoms with E-state index in [1.165, 1.54) is 15.5 Å². The summed E-state index contributed by atoms with van der Waals surface area (Å²) in [6.07, 6.45) is -4.62. The van der Waals surface area contributed by atoms with Gasteiger partial charge in [-0.3, -0.25) is 9.36 Å². The van der Waals surface area contributed by atoms with Crippen molar-refractivity contribution < 1.29 is 17.9 Å². The molecule has 2 aromatic rings. The van der Waals surface area contributed by atoms with E-state index in [0.29, 0.717) is 32.1 Å². The summed E-state index contributed by atoms with van der Waals surface area (Å²) in [4.78, 5) is 20.4. The lowest BCUT2D eigenvalue weighted by Crippen LogP contribution is -2.53. The minimum absolute atomic E-state index is 0.00720. The lowest BCUT2D eigenvalue weighted by atomic mass is 10.0. The molecule has 2 atom stereocenters. The van der Waals surface area contributed by atoms with Crippen molar-refractivity contribution in [3.63, 3.8) is 0 Å². The molecular formula is C20H23F3N4O2. The van der Waals surface area contributed by atoms with Crippen LogP contribution in [-0.2, 0) is 11.3 Å². The highest BCUT2D eigenvalue weighted by Gasteiger charge is 2.48. The van der Waals surface area contributed by atoms with E-state index in [4.69, 9.17) is 4.74 Å². The Morgan fingerprint density at radius 1 is 1.14 bits per heavy atom. The third kappa shape index (κ3) is 3.83. The summed E-state index contributed by atoms with van der Waals surface area (Å²) >= 11 is 0. The van der Waals surface area contributed by atoms with Gasteiger partial charge < -0.3 is 14.5 Å². The Kier molecular flexibility index (Phi) is 5.24. The molecule has 0 aliphatic carbocycles. The molecule has 29 heavy (non-hydrogen) atoms. The van der Waals surface area contributed by atoms with Gasteiger partial charge in [0.1, 0.15) is 11.9 Å². The van der Waals surface area contributed by atoms with Crippen LogP contribution in [0, 0.1) is 0 Å².